The molecule has 1 N–H and O–H groups in total. The molecule has 19 heavy (non-hydrogen) atoms. The highest BCUT2D eigenvalue weighted by Crippen LogP contribution is 2.32. The van der Waals surface area contributed by atoms with E-state index in [4.69, 9.17) is 16.3 Å². The van der Waals surface area contributed by atoms with Gasteiger partial charge < -0.3 is 10.1 Å². The van der Waals surface area contributed by atoms with Gasteiger partial charge in [0.1, 0.15) is 5.75 Å². The average Bonchev–Trinajstić information content (AvgIpc) is 2.83. The molecule has 2 rings (SSSR count). The van der Waals surface area contributed by atoms with Crippen LogP contribution >= 0.6 is 45.5 Å². The van der Waals surface area contributed by atoms with Crippen LogP contribution in [0.15, 0.2) is 29.6 Å². The fourth-order valence-corrected chi connectivity index (χ4v) is 3.56. The Morgan fingerprint density at radius 2 is 2.16 bits per heavy atom. The third-order valence-corrected chi connectivity index (χ3v) is 4.96. The van der Waals surface area contributed by atoms with Crippen molar-refractivity contribution in [3.05, 3.63) is 48.7 Å². The first-order chi connectivity index (χ1) is 9.15. The highest BCUT2D eigenvalue weighted by Gasteiger charge is 2.16. The highest BCUT2D eigenvalue weighted by molar-refractivity contribution is 14.1. The molecule has 1 aromatic carbocycles. The van der Waals surface area contributed by atoms with Crippen LogP contribution in [0.3, 0.4) is 0 Å². The third kappa shape index (κ3) is 3.62. The molecule has 1 unspecified atom stereocenters. The fourth-order valence-electron chi connectivity index (χ4n) is 1.96. The summed E-state index contributed by atoms with van der Waals surface area (Å²) in [5.74, 6) is 0.715. The number of hydrogen-bond donors (Lipinski definition) is 1. The minimum absolute atomic E-state index is 0.177. The van der Waals surface area contributed by atoms with Crippen molar-refractivity contribution in [2.24, 2.45) is 0 Å². The molecule has 0 aliphatic heterocycles. The lowest BCUT2D eigenvalue weighted by atomic mass is 10.0. The summed E-state index contributed by atoms with van der Waals surface area (Å²) in [5, 5.41) is 6.33. The summed E-state index contributed by atoms with van der Waals surface area (Å²) in [4.78, 5) is 0. The summed E-state index contributed by atoms with van der Waals surface area (Å²) >= 11 is 10.2. The molecule has 0 fully saturated rings. The molecular formula is C14H15ClINOS. The monoisotopic (exact) mass is 407 g/mol. The lowest BCUT2D eigenvalue weighted by Gasteiger charge is -2.18. The van der Waals surface area contributed by atoms with Gasteiger partial charge in [0.25, 0.3) is 0 Å². The molecule has 1 aromatic heterocycles. The molecule has 0 aliphatic rings. The minimum atomic E-state index is 0.177. The Kier molecular flexibility index (Phi) is 5.50. The topological polar surface area (TPSA) is 21.3 Å². The van der Waals surface area contributed by atoms with Crippen molar-refractivity contribution in [1.82, 2.24) is 5.32 Å². The number of benzene rings is 1. The van der Waals surface area contributed by atoms with E-state index in [1.54, 1.807) is 18.4 Å². The van der Waals surface area contributed by atoms with Crippen molar-refractivity contribution < 1.29 is 4.74 Å². The third-order valence-electron chi connectivity index (χ3n) is 2.84. The van der Waals surface area contributed by atoms with Crippen LogP contribution in [0, 0.1) is 2.88 Å². The van der Waals surface area contributed by atoms with Crippen molar-refractivity contribution in [2.45, 2.75) is 13.0 Å². The number of rotatable bonds is 5. The molecule has 0 bridgehead atoms. The normalized spacial score (nSPS) is 12.4. The number of hydrogen-bond acceptors (Lipinski definition) is 3. The molecule has 0 radical (unpaired) electrons. The van der Waals surface area contributed by atoms with E-state index in [0.29, 0.717) is 10.8 Å². The van der Waals surface area contributed by atoms with Gasteiger partial charge in [-0.15, -0.1) is 11.3 Å². The minimum Gasteiger partial charge on any atom is -0.495 e. The fraction of sp³-hybridized carbons (Fsp3) is 0.286. The largest absolute Gasteiger partial charge is 0.495 e. The van der Waals surface area contributed by atoms with Gasteiger partial charge in [-0.1, -0.05) is 24.6 Å². The first kappa shape index (κ1) is 15.1. The zero-order valence-electron chi connectivity index (χ0n) is 10.7. The summed E-state index contributed by atoms with van der Waals surface area (Å²) in [6.45, 7) is 3.01. The van der Waals surface area contributed by atoms with Gasteiger partial charge in [0.2, 0.25) is 0 Å². The zero-order chi connectivity index (χ0) is 13.8. The summed E-state index contributed by atoms with van der Waals surface area (Å²) in [6.07, 6.45) is 0. The van der Waals surface area contributed by atoms with E-state index in [0.717, 1.165) is 12.1 Å². The molecule has 0 amide bonds. The Labute approximate surface area is 136 Å². The predicted molar refractivity (Wildman–Crippen MR) is 90.6 cm³/mol. The van der Waals surface area contributed by atoms with Crippen molar-refractivity contribution in [3.63, 3.8) is 0 Å². The van der Waals surface area contributed by atoms with Crippen molar-refractivity contribution in [2.75, 3.05) is 13.7 Å². The van der Waals surface area contributed by atoms with Gasteiger partial charge in [-0.3, -0.25) is 0 Å². The Morgan fingerprint density at radius 3 is 2.74 bits per heavy atom. The van der Waals surface area contributed by atoms with Gasteiger partial charge >= 0.3 is 0 Å². The number of thiophene rings is 1. The number of nitrogens with one attached hydrogen (secondary N) is 1. The summed E-state index contributed by atoms with van der Waals surface area (Å²) < 4.78 is 6.58. The SMILES string of the molecule is CCNC(c1csc(I)c1)c1ccc(Cl)c(OC)c1. The highest BCUT2D eigenvalue weighted by atomic mass is 127. The maximum Gasteiger partial charge on any atom is 0.137 e. The van der Waals surface area contributed by atoms with Crippen LogP contribution in [0.2, 0.25) is 5.02 Å². The Hall–Kier alpha value is -0.300. The van der Waals surface area contributed by atoms with Gasteiger partial charge in [-0.05, 0) is 63.8 Å². The maximum absolute atomic E-state index is 6.08. The first-order valence-corrected chi connectivity index (χ1v) is 8.30. The Balaban J connectivity index is 2.38. The van der Waals surface area contributed by atoms with E-state index in [-0.39, 0.29) is 6.04 Å². The van der Waals surface area contributed by atoms with Crippen LogP contribution < -0.4 is 10.1 Å². The van der Waals surface area contributed by atoms with Crippen LogP contribution in [0.25, 0.3) is 0 Å². The smallest absolute Gasteiger partial charge is 0.137 e. The quantitative estimate of drug-likeness (QED) is 0.725. The van der Waals surface area contributed by atoms with Crippen molar-refractivity contribution in [1.29, 1.82) is 0 Å². The first-order valence-electron chi connectivity index (χ1n) is 5.96. The molecule has 5 heteroatoms. The second-order valence-electron chi connectivity index (χ2n) is 4.07. The van der Waals surface area contributed by atoms with Gasteiger partial charge in [0.15, 0.2) is 0 Å². The number of methoxy groups -OCH3 is 1. The lowest BCUT2D eigenvalue weighted by Crippen LogP contribution is -2.21. The van der Waals surface area contributed by atoms with Crippen LogP contribution in [0.1, 0.15) is 24.1 Å². The van der Waals surface area contributed by atoms with E-state index in [9.17, 15) is 0 Å². The maximum atomic E-state index is 6.08. The van der Waals surface area contributed by atoms with Crippen molar-refractivity contribution in [3.8, 4) is 5.75 Å². The molecule has 1 atom stereocenters. The van der Waals surface area contributed by atoms with Crippen LogP contribution in [-0.4, -0.2) is 13.7 Å². The molecule has 1 heterocycles. The Bertz CT molecular complexity index is 558. The van der Waals surface area contributed by atoms with E-state index >= 15 is 0 Å². The molecule has 2 aromatic rings. The molecule has 0 saturated carbocycles. The second-order valence-corrected chi connectivity index (χ2v) is 7.28. The molecule has 102 valence electrons. The molecule has 0 spiro atoms. The zero-order valence-corrected chi connectivity index (χ0v) is 14.5. The summed E-state index contributed by atoms with van der Waals surface area (Å²) in [6, 6.07) is 8.32. The Morgan fingerprint density at radius 1 is 1.37 bits per heavy atom. The average molecular weight is 408 g/mol. The van der Waals surface area contributed by atoms with E-state index in [1.807, 2.05) is 18.2 Å². The number of halogens is 2. The summed E-state index contributed by atoms with van der Waals surface area (Å²) in [7, 11) is 1.64. The van der Waals surface area contributed by atoms with E-state index in [1.165, 1.54) is 8.45 Å². The van der Waals surface area contributed by atoms with Crippen LogP contribution in [0.5, 0.6) is 5.75 Å². The van der Waals surface area contributed by atoms with Crippen LogP contribution in [0.4, 0.5) is 0 Å². The standard InChI is InChI=1S/C14H15ClINOS/c1-3-17-14(10-7-13(16)19-8-10)9-4-5-11(15)12(6-9)18-2/h4-8,14,17H,3H2,1-2H3. The van der Waals surface area contributed by atoms with E-state index in [2.05, 4.69) is 46.3 Å². The van der Waals surface area contributed by atoms with Gasteiger partial charge in [0.05, 0.1) is 21.1 Å². The van der Waals surface area contributed by atoms with Gasteiger partial charge in [-0.2, -0.15) is 0 Å². The van der Waals surface area contributed by atoms with E-state index < -0.39 is 0 Å². The molecule has 0 aliphatic carbocycles. The van der Waals surface area contributed by atoms with Gasteiger partial charge in [0, 0.05) is 0 Å². The van der Waals surface area contributed by atoms with Crippen molar-refractivity contribution >= 4 is 45.5 Å². The van der Waals surface area contributed by atoms with Gasteiger partial charge in [-0.25, -0.2) is 0 Å². The second kappa shape index (κ2) is 6.92. The predicted octanol–water partition coefficient (Wildman–Crippen LogP) is 4.71. The van der Waals surface area contributed by atoms with Crippen LogP contribution in [-0.2, 0) is 0 Å². The molecule has 0 saturated heterocycles. The number of ether oxygens (including phenoxy) is 1. The lowest BCUT2D eigenvalue weighted by molar-refractivity contribution is 0.414. The molecular weight excluding hydrogens is 393 g/mol. The summed E-state index contributed by atoms with van der Waals surface area (Å²) in [5.41, 5.74) is 2.44. The molecule has 2 nitrogen and oxygen atoms in total.